The highest BCUT2D eigenvalue weighted by Gasteiger charge is 2.23. The first kappa shape index (κ1) is 19.6. The van der Waals surface area contributed by atoms with E-state index in [0.717, 1.165) is 5.56 Å². The molecule has 28 heavy (non-hydrogen) atoms. The Hall–Kier alpha value is -3.15. The first-order chi connectivity index (χ1) is 13.5. The smallest absolute Gasteiger partial charge is 0.253 e. The van der Waals surface area contributed by atoms with Crippen LogP contribution in [0.4, 0.5) is 0 Å². The van der Waals surface area contributed by atoms with Crippen molar-refractivity contribution in [2.75, 3.05) is 33.2 Å². The second kappa shape index (κ2) is 8.69. The third-order valence-electron chi connectivity index (χ3n) is 5.00. The highest BCUT2D eigenvalue weighted by atomic mass is 16.2. The molecule has 2 aromatic rings. The van der Waals surface area contributed by atoms with E-state index in [2.05, 4.69) is 0 Å². The highest BCUT2D eigenvalue weighted by Crippen LogP contribution is 2.13. The lowest BCUT2D eigenvalue weighted by molar-refractivity contribution is -0.130. The van der Waals surface area contributed by atoms with Crippen LogP contribution in [0.5, 0.6) is 0 Å². The summed E-state index contributed by atoms with van der Waals surface area (Å²) >= 11 is 0. The van der Waals surface area contributed by atoms with Gasteiger partial charge in [-0.15, -0.1) is 0 Å². The SMILES string of the molecule is CC(=O)N1CCN(C(=O)c2ccc(C(=O)N(C)Cc3ccccc3)cc2)CC1. The molecule has 0 radical (unpaired) electrons. The molecule has 0 bridgehead atoms. The van der Waals surface area contributed by atoms with Crippen LogP contribution in [0, 0.1) is 0 Å². The topological polar surface area (TPSA) is 60.9 Å². The van der Waals surface area contributed by atoms with Crippen LogP contribution in [0.1, 0.15) is 33.2 Å². The lowest BCUT2D eigenvalue weighted by atomic mass is 10.1. The van der Waals surface area contributed by atoms with Gasteiger partial charge >= 0.3 is 0 Å². The monoisotopic (exact) mass is 379 g/mol. The van der Waals surface area contributed by atoms with Crippen molar-refractivity contribution in [1.82, 2.24) is 14.7 Å². The minimum Gasteiger partial charge on any atom is -0.339 e. The summed E-state index contributed by atoms with van der Waals surface area (Å²) in [5, 5.41) is 0. The van der Waals surface area contributed by atoms with Crippen molar-refractivity contribution < 1.29 is 14.4 Å². The van der Waals surface area contributed by atoms with Crippen LogP contribution in [-0.2, 0) is 11.3 Å². The highest BCUT2D eigenvalue weighted by molar-refractivity contribution is 5.97. The largest absolute Gasteiger partial charge is 0.339 e. The number of hydrogen-bond donors (Lipinski definition) is 0. The minimum atomic E-state index is -0.0853. The number of rotatable bonds is 4. The van der Waals surface area contributed by atoms with Gasteiger partial charge in [0.15, 0.2) is 0 Å². The minimum absolute atomic E-state index is 0.0367. The Morgan fingerprint density at radius 2 is 1.36 bits per heavy atom. The Bertz CT molecular complexity index is 841. The number of carbonyl (C=O) groups excluding carboxylic acids is 3. The van der Waals surface area contributed by atoms with Crippen LogP contribution in [0.2, 0.25) is 0 Å². The predicted molar refractivity (Wildman–Crippen MR) is 107 cm³/mol. The van der Waals surface area contributed by atoms with E-state index in [4.69, 9.17) is 0 Å². The summed E-state index contributed by atoms with van der Waals surface area (Å²) in [6.07, 6.45) is 0. The zero-order chi connectivity index (χ0) is 20.1. The Morgan fingerprint density at radius 1 is 0.821 bits per heavy atom. The summed E-state index contributed by atoms with van der Waals surface area (Å²) in [7, 11) is 1.77. The van der Waals surface area contributed by atoms with Gasteiger partial charge in [0.2, 0.25) is 5.91 Å². The molecule has 3 amide bonds. The Kier molecular flexibility index (Phi) is 6.09. The Labute approximate surface area is 165 Å². The molecule has 0 unspecified atom stereocenters. The van der Waals surface area contributed by atoms with Crippen LogP contribution >= 0.6 is 0 Å². The summed E-state index contributed by atoms with van der Waals surface area (Å²) in [5.74, 6) is -0.118. The van der Waals surface area contributed by atoms with Gasteiger partial charge in [-0.1, -0.05) is 30.3 Å². The van der Waals surface area contributed by atoms with Gasteiger partial charge in [0.1, 0.15) is 0 Å². The molecule has 146 valence electrons. The van der Waals surface area contributed by atoms with Crippen molar-refractivity contribution in [3.05, 3.63) is 71.3 Å². The van der Waals surface area contributed by atoms with Crippen LogP contribution in [-0.4, -0.2) is 65.6 Å². The second-order valence-electron chi connectivity index (χ2n) is 7.02. The van der Waals surface area contributed by atoms with Crippen LogP contribution in [0.25, 0.3) is 0 Å². The average Bonchev–Trinajstić information content (AvgIpc) is 2.73. The van der Waals surface area contributed by atoms with Gasteiger partial charge in [-0.2, -0.15) is 0 Å². The molecular weight excluding hydrogens is 354 g/mol. The van der Waals surface area contributed by atoms with E-state index >= 15 is 0 Å². The van der Waals surface area contributed by atoms with E-state index in [9.17, 15) is 14.4 Å². The van der Waals surface area contributed by atoms with E-state index in [0.29, 0.717) is 43.9 Å². The third kappa shape index (κ3) is 4.57. The zero-order valence-electron chi connectivity index (χ0n) is 16.3. The van der Waals surface area contributed by atoms with Gasteiger partial charge in [0.05, 0.1) is 0 Å². The summed E-state index contributed by atoms with van der Waals surface area (Å²) in [5.41, 5.74) is 2.17. The number of carbonyl (C=O) groups is 3. The summed E-state index contributed by atoms with van der Waals surface area (Å²) in [4.78, 5) is 41.8. The van der Waals surface area contributed by atoms with Crippen LogP contribution < -0.4 is 0 Å². The number of hydrogen-bond acceptors (Lipinski definition) is 3. The number of piperazine rings is 1. The summed E-state index contributed by atoms with van der Waals surface area (Å²) in [6.45, 7) is 4.24. The molecule has 0 aromatic heterocycles. The molecule has 2 aromatic carbocycles. The van der Waals surface area contributed by atoms with Crippen molar-refractivity contribution >= 4 is 17.7 Å². The lowest BCUT2D eigenvalue weighted by Gasteiger charge is -2.34. The molecule has 6 heteroatoms. The van der Waals surface area contributed by atoms with E-state index in [1.54, 1.807) is 52.9 Å². The molecule has 1 aliphatic heterocycles. The quantitative estimate of drug-likeness (QED) is 0.819. The van der Waals surface area contributed by atoms with Gasteiger partial charge < -0.3 is 14.7 Å². The maximum atomic E-state index is 12.7. The Balaban J connectivity index is 1.60. The molecule has 0 aliphatic carbocycles. The standard InChI is InChI=1S/C22H25N3O3/c1-17(26)24-12-14-25(15-13-24)22(28)20-10-8-19(9-11-20)21(27)23(2)16-18-6-4-3-5-7-18/h3-11H,12-16H2,1-2H3. The van der Waals surface area contributed by atoms with Crippen LogP contribution in [0.3, 0.4) is 0 Å². The fraction of sp³-hybridized carbons (Fsp3) is 0.318. The molecular formula is C22H25N3O3. The van der Waals surface area contributed by atoms with Gasteiger partial charge in [-0.3, -0.25) is 14.4 Å². The summed E-state index contributed by atoms with van der Waals surface area (Å²) in [6, 6.07) is 16.6. The van der Waals surface area contributed by atoms with E-state index in [1.165, 1.54) is 0 Å². The molecule has 0 N–H and O–H groups in total. The van der Waals surface area contributed by atoms with Crippen molar-refractivity contribution in [1.29, 1.82) is 0 Å². The maximum absolute atomic E-state index is 12.7. The first-order valence-electron chi connectivity index (χ1n) is 9.40. The van der Waals surface area contributed by atoms with Gasteiger partial charge in [-0.05, 0) is 29.8 Å². The first-order valence-corrected chi connectivity index (χ1v) is 9.40. The van der Waals surface area contributed by atoms with Gasteiger partial charge in [-0.25, -0.2) is 0 Å². The van der Waals surface area contributed by atoms with Crippen molar-refractivity contribution in [3.63, 3.8) is 0 Å². The van der Waals surface area contributed by atoms with Gasteiger partial charge in [0.25, 0.3) is 11.8 Å². The molecule has 6 nitrogen and oxygen atoms in total. The molecule has 0 atom stereocenters. The number of nitrogens with zero attached hydrogens (tertiary/aromatic N) is 3. The van der Waals surface area contributed by atoms with E-state index in [-0.39, 0.29) is 17.7 Å². The third-order valence-corrected chi connectivity index (χ3v) is 5.00. The maximum Gasteiger partial charge on any atom is 0.253 e. The van der Waals surface area contributed by atoms with E-state index in [1.807, 2.05) is 30.3 Å². The van der Waals surface area contributed by atoms with Crippen molar-refractivity contribution in [2.45, 2.75) is 13.5 Å². The fourth-order valence-electron chi connectivity index (χ4n) is 3.31. The molecule has 3 rings (SSSR count). The number of benzene rings is 2. The molecule has 1 aliphatic rings. The molecule has 1 fully saturated rings. The zero-order valence-corrected chi connectivity index (χ0v) is 16.3. The predicted octanol–water partition coefficient (Wildman–Crippen LogP) is 2.26. The molecule has 0 saturated carbocycles. The van der Waals surface area contributed by atoms with E-state index < -0.39 is 0 Å². The average molecular weight is 379 g/mol. The molecule has 1 saturated heterocycles. The van der Waals surface area contributed by atoms with Crippen molar-refractivity contribution in [2.24, 2.45) is 0 Å². The fourth-order valence-corrected chi connectivity index (χ4v) is 3.31. The molecule has 0 spiro atoms. The van der Waals surface area contributed by atoms with Crippen molar-refractivity contribution in [3.8, 4) is 0 Å². The van der Waals surface area contributed by atoms with Crippen LogP contribution in [0.15, 0.2) is 54.6 Å². The van der Waals surface area contributed by atoms with Gasteiger partial charge in [0, 0.05) is 57.8 Å². The summed E-state index contributed by atoms with van der Waals surface area (Å²) < 4.78 is 0. The Morgan fingerprint density at radius 3 is 1.93 bits per heavy atom. The normalized spacial score (nSPS) is 13.9. The lowest BCUT2D eigenvalue weighted by Crippen LogP contribution is -2.50. The second-order valence-corrected chi connectivity index (χ2v) is 7.02. The number of amides is 3. The molecule has 1 heterocycles.